The first kappa shape index (κ1) is 28.2. The van der Waals surface area contributed by atoms with Gasteiger partial charge < -0.3 is 5.32 Å². The fraction of sp³-hybridized carbons (Fsp3) is 0.414. The third kappa shape index (κ3) is 5.88. The number of sulfonamides is 1. The van der Waals surface area contributed by atoms with Crippen LogP contribution in [0.2, 0.25) is 10.0 Å². The molecule has 6 rings (SSSR count). The highest BCUT2D eigenvalue weighted by Gasteiger charge is 2.37. The summed E-state index contributed by atoms with van der Waals surface area (Å²) in [6.45, 7) is 3.33. The zero-order valence-electron chi connectivity index (χ0n) is 22.5. The number of amides is 1. The Bertz CT molecular complexity index is 1580. The SMILES string of the molecule is O=C1NC=CN(S(=O)(=O)c2ccc(Cl)c(Cl)c2)[C@@H]1Cc1cn([C@@H]2CCCc3cc(CN4CCCCC4)ccc32)nn1. The molecule has 0 saturated carbocycles. The molecular formula is C29H32Cl2N6O3S. The van der Waals surface area contributed by atoms with Gasteiger partial charge in [-0.05, 0) is 80.1 Å². The summed E-state index contributed by atoms with van der Waals surface area (Å²) in [7, 11) is -4.09. The molecule has 2 atom stereocenters. The molecule has 216 valence electrons. The number of halogens is 2. The molecule has 3 heterocycles. The average molecular weight is 616 g/mol. The van der Waals surface area contributed by atoms with Crippen LogP contribution in [0, 0.1) is 0 Å². The Balaban J connectivity index is 1.21. The third-order valence-electron chi connectivity index (χ3n) is 8.15. The van der Waals surface area contributed by atoms with Crippen LogP contribution in [0.25, 0.3) is 0 Å². The Hall–Kier alpha value is -2.92. The Morgan fingerprint density at radius 2 is 1.83 bits per heavy atom. The van der Waals surface area contributed by atoms with Crippen molar-refractivity contribution in [1.82, 2.24) is 29.5 Å². The van der Waals surface area contributed by atoms with Gasteiger partial charge in [0.25, 0.3) is 10.0 Å². The van der Waals surface area contributed by atoms with Gasteiger partial charge in [0, 0.05) is 31.6 Å². The van der Waals surface area contributed by atoms with Crippen molar-refractivity contribution in [3.63, 3.8) is 0 Å². The van der Waals surface area contributed by atoms with Crippen molar-refractivity contribution in [2.24, 2.45) is 0 Å². The molecule has 1 aromatic heterocycles. The van der Waals surface area contributed by atoms with Gasteiger partial charge in [-0.15, -0.1) is 5.10 Å². The Morgan fingerprint density at radius 1 is 1.00 bits per heavy atom. The number of aromatic nitrogens is 3. The molecule has 2 aromatic carbocycles. The van der Waals surface area contributed by atoms with Crippen molar-refractivity contribution in [3.05, 3.63) is 87.4 Å². The van der Waals surface area contributed by atoms with Crippen LogP contribution in [0.1, 0.15) is 60.5 Å². The first-order valence-corrected chi connectivity index (χ1v) is 16.2. The first-order chi connectivity index (χ1) is 19.8. The van der Waals surface area contributed by atoms with Crippen molar-refractivity contribution in [3.8, 4) is 0 Å². The van der Waals surface area contributed by atoms with Crippen LogP contribution in [0.3, 0.4) is 0 Å². The summed E-state index contributed by atoms with van der Waals surface area (Å²) < 4.78 is 29.9. The van der Waals surface area contributed by atoms with E-state index in [1.165, 1.54) is 79.6 Å². The van der Waals surface area contributed by atoms with Gasteiger partial charge in [0.15, 0.2) is 0 Å². The fourth-order valence-corrected chi connectivity index (χ4v) is 7.89. The van der Waals surface area contributed by atoms with Gasteiger partial charge >= 0.3 is 0 Å². The Morgan fingerprint density at radius 3 is 2.63 bits per heavy atom. The molecule has 41 heavy (non-hydrogen) atoms. The number of benzene rings is 2. The summed E-state index contributed by atoms with van der Waals surface area (Å²) >= 11 is 12.1. The van der Waals surface area contributed by atoms with E-state index in [4.69, 9.17) is 23.2 Å². The molecule has 3 aromatic rings. The lowest BCUT2D eigenvalue weighted by atomic mass is 9.86. The van der Waals surface area contributed by atoms with Gasteiger partial charge in [-0.3, -0.25) is 14.0 Å². The number of carbonyl (C=O) groups excluding carboxylic acids is 1. The predicted octanol–water partition coefficient (Wildman–Crippen LogP) is 4.70. The van der Waals surface area contributed by atoms with E-state index in [-0.39, 0.29) is 27.4 Å². The number of rotatable bonds is 7. The Labute approximate surface area is 250 Å². The molecule has 1 N–H and O–H groups in total. The predicted molar refractivity (Wildman–Crippen MR) is 157 cm³/mol. The number of piperidine rings is 1. The smallest absolute Gasteiger partial charge is 0.264 e. The summed E-state index contributed by atoms with van der Waals surface area (Å²) in [5.74, 6) is -0.449. The molecule has 0 unspecified atom stereocenters. The lowest BCUT2D eigenvalue weighted by Crippen LogP contribution is -2.50. The minimum Gasteiger partial charge on any atom is -0.329 e. The van der Waals surface area contributed by atoms with E-state index >= 15 is 0 Å². The summed E-state index contributed by atoms with van der Waals surface area (Å²) in [5.41, 5.74) is 4.48. The maximum atomic E-state index is 13.5. The zero-order valence-corrected chi connectivity index (χ0v) is 24.9. The van der Waals surface area contributed by atoms with Crippen molar-refractivity contribution >= 4 is 39.1 Å². The number of likely N-dealkylation sites (tertiary alicyclic amines) is 1. The lowest BCUT2D eigenvalue weighted by Gasteiger charge is -2.31. The van der Waals surface area contributed by atoms with Gasteiger partial charge in [0.05, 0.1) is 26.7 Å². The summed E-state index contributed by atoms with van der Waals surface area (Å²) in [4.78, 5) is 15.4. The molecule has 9 nitrogen and oxygen atoms in total. The number of fused-ring (bicyclic) bond motifs is 1. The molecule has 0 bridgehead atoms. The number of hydrogen-bond donors (Lipinski definition) is 1. The van der Waals surface area contributed by atoms with Crippen LogP contribution < -0.4 is 5.32 Å². The standard InChI is InChI=1S/C29H32Cl2N6O3S/c30-25-10-8-23(17-26(25)31)41(39,40)37-14-11-32-29(38)28(37)16-22-19-36(34-33-22)27-6-4-5-21-15-20(7-9-24(21)27)18-35-12-2-1-3-13-35/h7-11,14-15,17,19,27-28H,1-6,12-13,16,18H2,(H,32,38)/t27-,28-/m1/s1. The molecular weight excluding hydrogens is 583 g/mol. The number of nitrogens with one attached hydrogen (secondary N) is 1. The normalized spacial score (nSPS) is 21.5. The second-order valence-corrected chi connectivity index (χ2v) is 13.6. The zero-order chi connectivity index (χ0) is 28.6. The quantitative estimate of drug-likeness (QED) is 0.414. The summed E-state index contributed by atoms with van der Waals surface area (Å²) in [5, 5.41) is 11.7. The van der Waals surface area contributed by atoms with Crippen LogP contribution in [0.5, 0.6) is 0 Å². The second-order valence-electron chi connectivity index (χ2n) is 10.9. The van der Waals surface area contributed by atoms with Crippen molar-refractivity contribution in [2.75, 3.05) is 13.1 Å². The molecule has 12 heteroatoms. The van der Waals surface area contributed by atoms with Crippen LogP contribution in [-0.4, -0.2) is 57.7 Å². The largest absolute Gasteiger partial charge is 0.329 e. The second kappa shape index (κ2) is 11.8. The highest BCUT2D eigenvalue weighted by Crippen LogP contribution is 2.34. The van der Waals surface area contributed by atoms with Crippen molar-refractivity contribution < 1.29 is 13.2 Å². The van der Waals surface area contributed by atoms with Crippen LogP contribution >= 0.6 is 23.2 Å². The average Bonchev–Trinajstić information content (AvgIpc) is 3.44. The van der Waals surface area contributed by atoms with Crippen LogP contribution in [-0.2, 0) is 34.2 Å². The number of carbonyl (C=O) groups is 1. The maximum Gasteiger partial charge on any atom is 0.264 e. The van der Waals surface area contributed by atoms with Crippen LogP contribution in [0.4, 0.5) is 0 Å². The van der Waals surface area contributed by atoms with Gasteiger partial charge in [-0.1, -0.05) is 53.0 Å². The van der Waals surface area contributed by atoms with E-state index in [0.717, 1.165) is 30.1 Å². The van der Waals surface area contributed by atoms with Crippen molar-refractivity contribution in [2.45, 2.75) is 68.5 Å². The van der Waals surface area contributed by atoms with Gasteiger partial charge in [0.2, 0.25) is 5.91 Å². The monoisotopic (exact) mass is 614 g/mol. The van der Waals surface area contributed by atoms with E-state index < -0.39 is 22.0 Å². The van der Waals surface area contributed by atoms with E-state index in [9.17, 15) is 13.2 Å². The first-order valence-electron chi connectivity index (χ1n) is 14.0. The van der Waals surface area contributed by atoms with Gasteiger partial charge in [-0.2, -0.15) is 0 Å². The van der Waals surface area contributed by atoms with E-state index in [1.54, 1.807) is 0 Å². The number of aryl methyl sites for hydroxylation is 1. The van der Waals surface area contributed by atoms with E-state index in [1.807, 2.05) is 10.9 Å². The molecule has 1 saturated heterocycles. The fourth-order valence-electron chi connectivity index (χ4n) is 6.05. The topological polar surface area (TPSA) is 100 Å². The third-order valence-corrected chi connectivity index (χ3v) is 10.7. The van der Waals surface area contributed by atoms with E-state index in [2.05, 4.69) is 38.7 Å². The lowest BCUT2D eigenvalue weighted by molar-refractivity contribution is -0.124. The van der Waals surface area contributed by atoms with Crippen LogP contribution in [0.15, 0.2) is 59.9 Å². The summed E-state index contributed by atoms with van der Waals surface area (Å²) in [6.07, 6.45) is 11.4. The highest BCUT2D eigenvalue weighted by atomic mass is 35.5. The number of nitrogens with zero attached hydrogens (tertiary/aromatic N) is 5. The molecule has 3 aliphatic rings. The molecule has 1 fully saturated rings. The number of hydrogen-bond acceptors (Lipinski definition) is 6. The minimum absolute atomic E-state index is 0.0418. The molecule has 2 aliphatic heterocycles. The van der Waals surface area contributed by atoms with Gasteiger partial charge in [-0.25, -0.2) is 13.1 Å². The maximum absolute atomic E-state index is 13.5. The molecule has 0 radical (unpaired) electrons. The molecule has 0 spiro atoms. The van der Waals surface area contributed by atoms with Gasteiger partial charge in [0.1, 0.15) is 6.04 Å². The Kier molecular flexibility index (Phi) is 8.09. The summed E-state index contributed by atoms with van der Waals surface area (Å²) in [6, 6.07) is 9.88. The molecule has 1 aliphatic carbocycles. The van der Waals surface area contributed by atoms with E-state index in [0.29, 0.717) is 5.69 Å². The molecule has 1 amide bonds. The highest BCUT2D eigenvalue weighted by molar-refractivity contribution is 7.89. The van der Waals surface area contributed by atoms with Crippen molar-refractivity contribution in [1.29, 1.82) is 0 Å². The minimum atomic E-state index is -4.09.